The number of nitrogens with two attached hydrogens (primary N) is 1. The van der Waals surface area contributed by atoms with Crippen molar-refractivity contribution in [3.05, 3.63) is 34.9 Å². The molecule has 2 aliphatic rings. The largest absolute Gasteiger partial charge is 0.345 e. The SMILES string of the molecule is Cl.NCC1(NC(=O)c2ccc3c(c2)CCC3)CCCC1. The van der Waals surface area contributed by atoms with Gasteiger partial charge < -0.3 is 11.1 Å². The molecule has 1 saturated carbocycles. The molecule has 0 unspecified atom stereocenters. The van der Waals surface area contributed by atoms with Crippen LogP contribution in [0.15, 0.2) is 18.2 Å². The third-order valence-electron chi connectivity index (χ3n) is 4.69. The van der Waals surface area contributed by atoms with Gasteiger partial charge in [0.25, 0.3) is 5.91 Å². The van der Waals surface area contributed by atoms with E-state index < -0.39 is 0 Å². The van der Waals surface area contributed by atoms with Crippen molar-refractivity contribution in [3.63, 3.8) is 0 Å². The van der Waals surface area contributed by atoms with Crippen molar-refractivity contribution in [2.24, 2.45) is 5.73 Å². The fourth-order valence-electron chi connectivity index (χ4n) is 3.46. The second-order valence-corrected chi connectivity index (χ2v) is 5.98. The minimum absolute atomic E-state index is 0. The summed E-state index contributed by atoms with van der Waals surface area (Å²) in [7, 11) is 0. The molecule has 0 aliphatic heterocycles. The Morgan fingerprint density at radius 2 is 1.85 bits per heavy atom. The van der Waals surface area contributed by atoms with Crippen LogP contribution < -0.4 is 11.1 Å². The molecule has 0 atom stereocenters. The maximum Gasteiger partial charge on any atom is 0.251 e. The van der Waals surface area contributed by atoms with Crippen LogP contribution in [0.5, 0.6) is 0 Å². The highest BCUT2D eigenvalue weighted by atomic mass is 35.5. The first-order chi connectivity index (χ1) is 9.22. The summed E-state index contributed by atoms with van der Waals surface area (Å²) in [6, 6.07) is 6.14. The molecule has 2 aliphatic carbocycles. The van der Waals surface area contributed by atoms with Crippen molar-refractivity contribution in [2.75, 3.05) is 6.54 Å². The fraction of sp³-hybridized carbons (Fsp3) is 0.562. The standard InChI is InChI=1S/C16H22N2O.ClH/c17-11-16(8-1-2-9-16)18-15(19)14-7-6-12-4-3-5-13(12)10-14;/h6-7,10H,1-5,8-9,11,17H2,(H,18,19);1H. The summed E-state index contributed by atoms with van der Waals surface area (Å²) in [5.41, 5.74) is 9.26. The number of fused-ring (bicyclic) bond motifs is 1. The Hall–Kier alpha value is -1.06. The molecule has 4 heteroatoms. The van der Waals surface area contributed by atoms with Crippen LogP contribution in [0.3, 0.4) is 0 Å². The van der Waals surface area contributed by atoms with Gasteiger partial charge in [-0.2, -0.15) is 0 Å². The summed E-state index contributed by atoms with van der Waals surface area (Å²) in [5, 5.41) is 3.19. The Kier molecular flexibility index (Phi) is 4.71. The molecule has 1 aromatic rings. The Morgan fingerprint density at radius 1 is 1.15 bits per heavy atom. The van der Waals surface area contributed by atoms with E-state index in [-0.39, 0.29) is 23.9 Å². The number of carbonyl (C=O) groups is 1. The molecule has 3 N–H and O–H groups in total. The van der Waals surface area contributed by atoms with E-state index in [1.54, 1.807) is 0 Å². The minimum atomic E-state index is -0.157. The molecule has 0 aromatic heterocycles. The molecular formula is C16H23ClN2O. The lowest BCUT2D eigenvalue weighted by Crippen LogP contribution is -2.51. The summed E-state index contributed by atoms with van der Waals surface area (Å²) in [5.74, 6) is 0.0436. The van der Waals surface area contributed by atoms with Gasteiger partial charge in [0.15, 0.2) is 0 Å². The van der Waals surface area contributed by atoms with Crippen LogP contribution in [0.4, 0.5) is 0 Å². The zero-order valence-corrected chi connectivity index (χ0v) is 12.6. The van der Waals surface area contributed by atoms with Gasteiger partial charge >= 0.3 is 0 Å². The van der Waals surface area contributed by atoms with E-state index in [0.717, 1.165) is 31.2 Å². The first-order valence-corrected chi connectivity index (χ1v) is 7.37. The number of benzene rings is 1. The molecule has 1 aromatic carbocycles. The molecule has 0 bridgehead atoms. The second-order valence-electron chi connectivity index (χ2n) is 5.98. The topological polar surface area (TPSA) is 55.1 Å². The summed E-state index contributed by atoms with van der Waals surface area (Å²) >= 11 is 0. The average Bonchev–Trinajstić information content (AvgIpc) is 3.06. The lowest BCUT2D eigenvalue weighted by Gasteiger charge is -2.28. The predicted molar refractivity (Wildman–Crippen MR) is 83.4 cm³/mol. The van der Waals surface area contributed by atoms with E-state index in [4.69, 9.17) is 5.73 Å². The van der Waals surface area contributed by atoms with Gasteiger partial charge in [-0.3, -0.25) is 4.79 Å². The fourth-order valence-corrected chi connectivity index (χ4v) is 3.46. The number of amides is 1. The maximum absolute atomic E-state index is 12.4. The number of halogens is 1. The summed E-state index contributed by atoms with van der Waals surface area (Å²) in [4.78, 5) is 12.4. The van der Waals surface area contributed by atoms with Gasteiger partial charge in [-0.15, -0.1) is 12.4 Å². The molecule has 3 nitrogen and oxygen atoms in total. The van der Waals surface area contributed by atoms with Gasteiger partial charge in [0, 0.05) is 12.1 Å². The molecular weight excluding hydrogens is 272 g/mol. The number of nitrogens with one attached hydrogen (secondary N) is 1. The van der Waals surface area contributed by atoms with E-state index in [0.29, 0.717) is 6.54 Å². The molecule has 0 saturated heterocycles. The van der Waals surface area contributed by atoms with E-state index in [1.807, 2.05) is 6.07 Å². The van der Waals surface area contributed by atoms with E-state index in [9.17, 15) is 4.79 Å². The third kappa shape index (κ3) is 2.84. The summed E-state index contributed by atoms with van der Waals surface area (Å²) < 4.78 is 0. The Balaban J connectivity index is 0.00000147. The van der Waals surface area contributed by atoms with Gasteiger partial charge in [-0.25, -0.2) is 0 Å². The molecule has 0 heterocycles. The number of hydrogen-bond donors (Lipinski definition) is 2. The molecule has 110 valence electrons. The van der Waals surface area contributed by atoms with Crippen LogP contribution in [0.25, 0.3) is 0 Å². The smallest absolute Gasteiger partial charge is 0.251 e. The summed E-state index contributed by atoms with van der Waals surface area (Å²) in [6.07, 6.45) is 7.85. The normalized spacial score (nSPS) is 19.2. The molecule has 1 fully saturated rings. The number of hydrogen-bond acceptors (Lipinski definition) is 2. The van der Waals surface area contributed by atoms with Gasteiger partial charge in [0.1, 0.15) is 0 Å². The number of aryl methyl sites for hydroxylation is 2. The van der Waals surface area contributed by atoms with Crippen molar-refractivity contribution in [1.82, 2.24) is 5.32 Å². The monoisotopic (exact) mass is 294 g/mol. The Morgan fingerprint density at radius 3 is 2.55 bits per heavy atom. The zero-order valence-electron chi connectivity index (χ0n) is 11.8. The minimum Gasteiger partial charge on any atom is -0.345 e. The van der Waals surface area contributed by atoms with Crippen molar-refractivity contribution >= 4 is 18.3 Å². The Labute approximate surface area is 126 Å². The van der Waals surface area contributed by atoms with Gasteiger partial charge in [0.2, 0.25) is 0 Å². The van der Waals surface area contributed by atoms with Crippen LogP contribution in [0.2, 0.25) is 0 Å². The third-order valence-corrected chi connectivity index (χ3v) is 4.69. The van der Waals surface area contributed by atoms with Crippen molar-refractivity contribution < 1.29 is 4.79 Å². The number of carbonyl (C=O) groups excluding carboxylic acids is 1. The first kappa shape index (κ1) is 15.3. The average molecular weight is 295 g/mol. The molecule has 3 rings (SSSR count). The van der Waals surface area contributed by atoms with Crippen LogP contribution in [-0.2, 0) is 12.8 Å². The zero-order chi connectivity index (χ0) is 13.3. The van der Waals surface area contributed by atoms with Gasteiger partial charge in [-0.1, -0.05) is 18.9 Å². The second kappa shape index (κ2) is 6.15. The van der Waals surface area contributed by atoms with Crippen LogP contribution in [0, 0.1) is 0 Å². The van der Waals surface area contributed by atoms with Crippen LogP contribution in [-0.4, -0.2) is 18.0 Å². The first-order valence-electron chi connectivity index (χ1n) is 7.37. The molecule has 0 radical (unpaired) electrons. The molecule has 0 spiro atoms. The van der Waals surface area contributed by atoms with Crippen molar-refractivity contribution in [3.8, 4) is 0 Å². The maximum atomic E-state index is 12.4. The lowest BCUT2D eigenvalue weighted by molar-refractivity contribution is 0.0903. The molecule has 20 heavy (non-hydrogen) atoms. The van der Waals surface area contributed by atoms with Crippen molar-refractivity contribution in [1.29, 1.82) is 0 Å². The van der Waals surface area contributed by atoms with Gasteiger partial charge in [-0.05, 0) is 55.4 Å². The predicted octanol–water partition coefficient (Wildman–Crippen LogP) is 2.60. The highest BCUT2D eigenvalue weighted by Crippen LogP contribution is 2.29. The highest BCUT2D eigenvalue weighted by molar-refractivity contribution is 5.95. The quantitative estimate of drug-likeness (QED) is 0.900. The van der Waals surface area contributed by atoms with Gasteiger partial charge in [0.05, 0.1) is 5.54 Å². The van der Waals surface area contributed by atoms with E-state index >= 15 is 0 Å². The van der Waals surface area contributed by atoms with E-state index in [2.05, 4.69) is 17.4 Å². The molecule has 1 amide bonds. The van der Waals surface area contributed by atoms with E-state index in [1.165, 1.54) is 30.4 Å². The van der Waals surface area contributed by atoms with Crippen LogP contribution in [0.1, 0.15) is 53.6 Å². The lowest BCUT2D eigenvalue weighted by atomic mass is 9.96. The summed E-state index contributed by atoms with van der Waals surface area (Å²) in [6.45, 7) is 0.545. The highest BCUT2D eigenvalue weighted by Gasteiger charge is 2.34. The van der Waals surface area contributed by atoms with Crippen LogP contribution >= 0.6 is 12.4 Å². The number of rotatable bonds is 3. The Bertz CT molecular complexity index is 495. The van der Waals surface area contributed by atoms with Crippen molar-refractivity contribution in [2.45, 2.75) is 50.5 Å².